The fourth-order valence-corrected chi connectivity index (χ4v) is 2.11. The highest BCUT2D eigenvalue weighted by Crippen LogP contribution is 2.35. The van der Waals surface area contributed by atoms with E-state index in [1.807, 2.05) is 13.0 Å². The number of benzene rings is 2. The van der Waals surface area contributed by atoms with E-state index in [0.29, 0.717) is 16.4 Å². The van der Waals surface area contributed by atoms with Crippen molar-refractivity contribution in [3.05, 3.63) is 57.1 Å². The summed E-state index contributed by atoms with van der Waals surface area (Å²) in [6.07, 6.45) is 0. The van der Waals surface area contributed by atoms with E-state index in [4.69, 9.17) is 11.6 Å². The minimum absolute atomic E-state index is 0.00868. The smallest absolute Gasteiger partial charge is 0.315 e. The first-order valence-electron chi connectivity index (χ1n) is 6.02. The first-order valence-corrected chi connectivity index (χ1v) is 6.39. The zero-order chi connectivity index (χ0) is 14.7. The SMILES string of the molecule is CNc1cccc(Nc2cccc(Cl)c2C)c1[N+](=O)[O-]. The summed E-state index contributed by atoms with van der Waals surface area (Å²) in [6, 6.07) is 10.5. The molecule has 0 aromatic heterocycles. The molecule has 2 rings (SSSR count). The van der Waals surface area contributed by atoms with Crippen LogP contribution in [-0.2, 0) is 0 Å². The maximum Gasteiger partial charge on any atom is 0.315 e. The van der Waals surface area contributed by atoms with Crippen LogP contribution in [0.5, 0.6) is 0 Å². The lowest BCUT2D eigenvalue weighted by Gasteiger charge is -2.12. The van der Waals surface area contributed by atoms with Crippen molar-refractivity contribution in [3.8, 4) is 0 Å². The first-order chi connectivity index (χ1) is 9.54. The van der Waals surface area contributed by atoms with E-state index in [1.165, 1.54) is 0 Å². The van der Waals surface area contributed by atoms with Gasteiger partial charge in [0.25, 0.3) is 0 Å². The molecule has 5 nitrogen and oxygen atoms in total. The van der Waals surface area contributed by atoms with E-state index >= 15 is 0 Å². The summed E-state index contributed by atoms with van der Waals surface area (Å²) in [7, 11) is 1.65. The predicted octanol–water partition coefficient (Wildman–Crippen LogP) is 4.34. The highest BCUT2D eigenvalue weighted by atomic mass is 35.5. The van der Waals surface area contributed by atoms with Gasteiger partial charge in [0.15, 0.2) is 0 Å². The number of nitrogens with zero attached hydrogens (tertiary/aromatic N) is 1. The van der Waals surface area contributed by atoms with Crippen molar-refractivity contribution in [2.45, 2.75) is 6.92 Å². The van der Waals surface area contributed by atoms with Gasteiger partial charge < -0.3 is 10.6 Å². The van der Waals surface area contributed by atoms with Crippen LogP contribution in [0.4, 0.5) is 22.7 Å². The Morgan fingerprint density at radius 3 is 2.35 bits per heavy atom. The summed E-state index contributed by atoms with van der Waals surface area (Å²) < 4.78 is 0. The van der Waals surface area contributed by atoms with Crippen LogP contribution >= 0.6 is 11.6 Å². The molecule has 0 saturated carbocycles. The van der Waals surface area contributed by atoms with Crippen LogP contribution in [0.3, 0.4) is 0 Å². The van der Waals surface area contributed by atoms with Gasteiger partial charge >= 0.3 is 5.69 Å². The molecule has 2 N–H and O–H groups in total. The Morgan fingerprint density at radius 1 is 1.10 bits per heavy atom. The van der Waals surface area contributed by atoms with Crippen molar-refractivity contribution in [1.82, 2.24) is 0 Å². The molecule has 0 bridgehead atoms. The highest BCUT2D eigenvalue weighted by molar-refractivity contribution is 6.31. The fraction of sp³-hybridized carbons (Fsp3) is 0.143. The molecule has 0 spiro atoms. The van der Waals surface area contributed by atoms with Crippen molar-refractivity contribution >= 4 is 34.4 Å². The third kappa shape index (κ3) is 2.67. The van der Waals surface area contributed by atoms with Gasteiger partial charge in [-0.2, -0.15) is 0 Å². The summed E-state index contributed by atoms with van der Waals surface area (Å²) in [5.74, 6) is 0. The Morgan fingerprint density at radius 2 is 1.70 bits per heavy atom. The van der Waals surface area contributed by atoms with Crippen molar-refractivity contribution in [1.29, 1.82) is 0 Å². The second-order valence-electron chi connectivity index (χ2n) is 4.25. The molecule has 2 aromatic rings. The molecule has 0 aliphatic carbocycles. The molecule has 0 amide bonds. The van der Waals surface area contributed by atoms with Gasteiger partial charge in [-0.1, -0.05) is 23.7 Å². The van der Waals surface area contributed by atoms with Crippen LogP contribution in [0.25, 0.3) is 0 Å². The van der Waals surface area contributed by atoms with Gasteiger partial charge in [0, 0.05) is 17.8 Å². The van der Waals surface area contributed by atoms with Crippen molar-refractivity contribution in [3.63, 3.8) is 0 Å². The topological polar surface area (TPSA) is 67.2 Å². The van der Waals surface area contributed by atoms with E-state index in [2.05, 4.69) is 10.6 Å². The molecule has 20 heavy (non-hydrogen) atoms. The van der Waals surface area contributed by atoms with Crippen LogP contribution in [0.1, 0.15) is 5.56 Å². The average molecular weight is 292 g/mol. The minimum atomic E-state index is -0.409. The third-order valence-corrected chi connectivity index (χ3v) is 3.43. The van der Waals surface area contributed by atoms with Crippen molar-refractivity contribution in [2.24, 2.45) is 0 Å². The normalized spacial score (nSPS) is 10.2. The number of hydrogen-bond donors (Lipinski definition) is 2. The Hall–Kier alpha value is -2.27. The molecule has 6 heteroatoms. The van der Waals surface area contributed by atoms with Gasteiger partial charge in [-0.15, -0.1) is 0 Å². The van der Waals surface area contributed by atoms with Crippen LogP contribution in [0, 0.1) is 17.0 Å². The lowest BCUT2D eigenvalue weighted by atomic mass is 10.1. The standard InChI is InChI=1S/C14H14ClN3O2/c1-9-10(15)5-3-6-11(9)17-13-8-4-7-12(16-2)14(13)18(19)20/h3-8,16-17H,1-2H3. The summed E-state index contributed by atoms with van der Waals surface area (Å²) in [5.41, 5.74) is 2.48. The first kappa shape index (κ1) is 14.1. The van der Waals surface area contributed by atoms with E-state index in [1.54, 1.807) is 37.4 Å². The molecule has 0 atom stereocenters. The Bertz CT molecular complexity index is 659. The third-order valence-electron chi connectivity index (χ3n) is 3.02. The molecule has 104 valence electrons. The summed E-state index contributed by atoms with van der Waals surface area (Å²) in [5, 5.41) is 17.7. The maximum absolute atomic E-state index is 11.2. The summed E-state index contributed by atoms with van der Waals surface area (Å²) >= 11 is 6.05. The average Bonchev–Trinajstić information content (AvgIpc) is 2.43. The number of nitro groups is 1. The highest BCUT2D eigenvalue weighted by Gasteiger charge is 2.19. The molecule has 0 aliphatic rings. The zero-order valence-corrected chi connectivity index (χ0v) is 11.9. The van der Waals surface area contributed by atoms with Crippen molar-refractivity contribution in [2.75, 3.05) is 17.7 Å². The number of nitrogens with one attached hydrogen (secondary N) is 2. The molecule has 0 radical (unpaired) electrons. The number of rotatable bonds is 4. The summed E-state index contributed by atoms with van der Waals surface area (Å²) in [4.78, 5) is 10.8. The number of anilines is 3. The Labute approximate surface area is 121 Å². The monoisotopic (exact) mass is 291 g/mol. The Kier molecular flexibility index (Phi) is 4.10. The largest absolute Gasteiger partial charge is 0.382 e. The molecule has 0 fully saturated rings. The van der Waals surface area contributed by atoms with E-state index in [0.717, 1.165) is 11.3 Å². The summed E-state index contributed by atoms with van der Waals surface area (Å²) in [6.45, 7) is 1.86. The van der Waals surface area contributed by atoms with Gasteiger partial charge in [0.2, 0.25) is 0 Å². The van der Waals surface area contributed by atoms with Crippen LogP contribution in [0.2, 0.25) is 5.02 Å². The van der Waals surface area contributed by atoms with Crippen molar-refractivity contribution < 1.29 is 4.92 Å². The lowest BCUT2D eigenvalue weighted by molar-refractivity contribution is -0.383. The quantitative estimate of drug-likeness (QED) is 0.649. The number of hydrogen-bond acceptors (Lipinski definition) is 4. The fourth-order valence-electron chi connectivity index (χ4n) is 1.93. The number of nitro benzene ring substituents is 1. The molecule has 0 saturated heterocycles. The number of para-hydroxylation sites is 1. The van der Waals surface area contributed by atoms with Gasteiger partial charge in [-0.3, -0.25) is 10.1 Å². The predicted molar refractivity (Wildman–Crippen MR) is 82.1 cm³/mol. The van der Waals surface area contributed by atoms with Gasteiger partial charge in [0.1, 0.15) is 11.4 Å². The van der Waals surface area contributed by atoms with Gasteiger partial charge in [-0.05, 0) is 36.8 Å². The Balaban J connectivity index is 2.48. The van der Waals surface area contributed by atoms with E-state index < -0.39 is 4.92 Å². The van der Waals surface area contributed by atoms with E-state index in [-0.39, 0.29) is 5.69 Å². The van der Waals surface area contributed by atoms with Crippen LogP contribution in [-0.4, -0.2) is 12.0 Å². The zero-order valence-electron chi connectivity index (χ0n) is 11.1. The van der Waals surface area contributed by atoms with Gasteiger partial charge in [0.05, 0.1) is 4.92 Å². The molecule has 0 unspecified atom stereocenters. The molecular weight excluding hydrogens is 278 g/mol. The maximum atomic E-state index is 11.2. The molecule has 2 aromatic carbocycles. The second kappa shape index (κ2) is 5.79. The van der Waals surface area contributed by atoms with Crippen LogP contribution < -0.4 is 10.6 Å². The van der Waals surface area contributed by atoms with Gasteiger partial charge in [-0.25, -0.2) is 0 Å². The van der Waals surface area contributed by atoms with E-state index in [9.17, 15) is 10.1 Å². The molecular formula is C14H14ClN3O2. The number of halogens is 1. The lowest BCUT2D eigenvalue weighted by Crippen LogP contribution is -2.02. The molecule has 0 heterocycles. The minimum Gasteiger partial charge on any atom is -0.382 e. The second-order valence-corrected chi connectivity index (χ2v) is 4.65. The molecule has 0 aliphatic heterocycles. The van der Waals surface area contributed by atoms with Crippen LogP contribution in [0.15, 0.2) is 36.4 Å².